The first-order valence-corrected chi connectivity index (χ1v) is 8.22. The van der Waals surface area contributed by atoms with Crippen LogP contribution < -0.4 is 16.0 Å². The number of imide groups is 1. The van der Waals surface area contributed by atoms with Crippen molar-refractivity contribution in [1.82, 2.24) is 25.9 Å². The Morgan fingerprint density at radius 3 is 2.96 bits per heavy atom. The molecule has 2 aromatic rings. The normalized spacial score (nSPS) is 16.6. The van der Waals surface area contributed by atoms with Crippen LogP contribution in [0, 0.1) is 0 Å². The number of thiazole rings is 1. The van der Waals surface area contributed by atoms with Gasteiger partial charge in [0.25, 0.3) is 5.91 Å². The van der Waals surface area contributed by atoms with Crippen molar-refractivity contribution >= 4 is 29.2 Å². The molecule has 1 fully saturated rings. The molecule has 1 atom stereocenters. The van der Waals surface area contributed by atoms with Crippen LogP contribution in [0.25, 0.3) is 10.6 Å². The second-order valence-electron chi connectivity index (χ2n) is 5.21. The number of amides is 4. The fourth-order valence-electron chi connectivity index (χ4n) is 2.23. The van der Waals surface area contributed by atoms with Gasteiger partial charge in [-0.15, -0.1) is 11.3 Å². The third-order valence-corrected chi connectivity index (χ3v) is 4.35. The summed E-state index contributed by atoms with van der Waals surface area (Å²) in [6.07, 6.45) is 3.98. The SMILES string of the molecule is O=C(C[C@@H]1NC(=O)NC1=O)NCCc1csc(-c2cccnc2)n1. The van der Waals surface area contributed by atoms with Crippen molar-refractivity contribution in [3.8, 4) is 10.6 Å². The van der Waals surface area contributed by atoms with E-state index in [1.165, 1.54) is 11.3 Å². The van der Waals surface area contributed by atoms with Gasteiger partial charge in [-0.1, -0.05) is 0 Å². The molecule has 0 saturated carbocycles. The lowest BCUT2D eigenvalue weighted by Crippen LogP contribution is -2.36. The molecule has 1 aliphatic heterocycles. The molecular weight excluding hydrogens is 330 g/mol. The third-order valence-electron chi connectivity index (χ3n) is 3.41. The first-order chi connectivity index (χ1) is 11.6. The van der Waals surface area contributed by atoms with Gasteiger partial charge in [0.1, 0.15) is 11.0 Å². The van der Waals surface area contributed by atoms with Gasteiger partial charge >= 0.3 is 6.03 Å². The van der Waals surface area contributed by atoms with Gasteiger partial charge in [-0.2, -0.15) is 0 Å². The minimum absolute atomic E-state index is 0.0738. The summed E-state index contributed by atoms with van der Waals surface area (Å²) in [6.45, 7) is 0.414. The lowest BCUT2D eigenvalue weighted by Gasteiger charge is -2.07. The number of rotatable bonds is 6. The first-order valence-electron chi connectivity index (χ1n) is 7.34. The average Bonchev–Trinajstić information content (AvgIpc) is 3.15. The van der Waals surface area contributed by atoms with Crippen molar-refractivity contribution in [3.63, 3.8) is 0 Å². The Kier molecular flexibility index (Phi) is 4.80. The van der Waals surface area contributed by atoms with Crippen LogP contribution in [-0.2, 0) is 16.0 Å². The highest BCUT2D eigenvalue weighted by atomic mass is 32.1. The number of nitrogens with zero attached hydrogens (tertiary/aromatic N) is 2. The highest BCUT2D eigenvalue weighted by Gasteiger charge is 2.31. The molecule has 124 valence electrons. The molecule has 0 spiro atoms. The molecule has 2 aromatic heterocycles. The minimum Gasteiger partial charge on any atom is -0.356 e. The molecule has 24 heavy (non-hydrogen) atoms. The van der Waals surface area contributed by atoms with E-state index in [2.05, 4.69) is 25.9 Å². The Morgan fingerprint density at radius 1 is 1.38 bits per heavy atom. The molecule has 1 saturated heterocycles. The predicted octanol–water partition coefficient (Wildman–Crippen LogP) is 0.462. The smallest absolute Gasteiger partial charge is 0.322 e. The van der Waals surface area contributed by atoms with Gasteiger partial charge in [0, 0.05) is 36.3 Å². The second-order valence-corrected chi connectivity index (χ2v) is 6.06. The highest BCUT2D eigenvalue weighted by molar-refractivity contribution is 7.13. The van der Waals surface area contributed by atoms with Gasteiger partial charge in [-0.3, -0.25) is 19.9 Å². The molecule has 3 N–H and O–H groups in total. The topological polar surface area (TPSA) is 113 Å². The fourth-order valence-corrected chi connectivity index (χ4v) is 3.08. The molecule has 0 unspecified atom stereocenters. The van der Waals surface area contributed by atoms with Gasteiger partial charge in [-0.25, -0.2) is 9.78 Å². The van der Waals surface area contributed by atoms with E-state index in [0.29, 0.717) is 13.0 Å². The summed E-state index contributed by atoms with van der Waals surface area (Å²) in [7, 11) is 0. The van der Waals surface area contributed by atoms with Crippen LogP contribution in [0.3, 0.4) is 0 Å². The molecular formula is C15H15N5O3S. The van der Waals surface area contributed by atoms with E-state index in [1.54, 1.807) is 12.4 Å². The molecule has 3 rings (SSSR count). The quantitative estimate of drug-likeness (QED) is 0.659. The first kappa shape index (κ1) is 16.1. The zero-order valence-corrected chi connectivity index (χ0v) is 13.4. The van der Waals surface area contributed by atoms with Crippen molar-refractivity contribution < 1.29 is 14.4 Å². The number of hydrogen-bond acceptors (Lipinski definition) is 6. The summed E-state index contributed by atoms with van der Waals surface area (Å²) >= 11 is 1.52. The van der Waals surface area contributed by atoms with E-state index in [1.807, 2.05) is 17.5 Å². The lowest BCUT2D eigenvalue weighted by atomic mass is 10.2. The Balaban J connectivity index is 1.45. The average molecular weight is 345 g/mol. The number of pyridine rings is 1. The molecule has 9 heteroatoms. The standard InChI is InChI=1S/C15H15N5O3S/c21-12(6-11-13(22)20-15(23)19-11)17-5-3-10-8-24-14(18-10)9-2-1-4-16-7-9/h1-2,4,7-8,11H,3,5-6H2,(H,17,21)(H2,19,20,22,23)/t11-/m0/s1. The van der Waals surface area contributed by atoms with E-state index < -0.39 is 18.0 Å². The van der Waals surface area contributed by atoms with E-state index in [-0.39, 0.29) is 12.3 Å². The largest absolute Gasteiger partial charge is 0.356 e. The number of carbonyl (C=O) groups excluding carboxylic acids is 3. The monoisotopic (exact) mass is 345 g/mol. The number of urea groups is 1. The maximum absolute atomic E-state index is 11.8. The summed E-state index contributed by atoms with van der Waals surface area (Å²) in [5, 5.41) is 10.0. The van der Waals surface area contributed by atoms with Crippen LogP contribution in [0.5, 0.6) is 0 Å². The van der Waals surface area contributed by atoms with Crippen LogP contribution in [-0.4, -0.2) is 40.4 Å². The number of hydrogen-bond donors (Lipinski definition) is 3. The maximum Gasteiger partial charge on any atom is 0.322 e. The van der Waals surface area contributed by atoms with Gasteiger partial charge in [0.15, 0.2) is 0 Å². The van der Waals surface area contributed by atoms with Gasteiger partial charge in [0.2, 0.25) is 5.91 Å². The predicted molar refractivity (Wildman–Crippen MR) is 87.1 cm³/mol. The zero-order chi connectivity index (χ0) is 16.9. The van der Waals surface area contributed by atoms with Gasteiger partial charge < -0.3 is 10.6 Å². The van der Waals surface area contributed by atoms with Gasteiger partial charge in [0.05, 0.1) is 12.1 Å². The second kappa shape index (κ2) is 7.18. The molecule has 0 aromatic carbocycles. The van der Waals surface area contributed by atoms with E-state index in [9.17, 15) is 14.4 Å². The Bertz CT molecular complexity index is 761. The van der Waals surface area contributed by atoms with Crippen LogP contribution in [0.1, 0.15) is 12.1 Å². The molecule has 3 heterocycles. The molecule has 8 nitrogen and oxygen atoms in total. The van der Waals surface area contributed by atoms with E-state index in [0.717, 1.165) is 16.3 Å². The summed E-state index contributed by atoms with van der Waals surface area (Å²) < 4.78 is 0. The van der Waals surface area contributed by atoms with Crippen molar-refractivity contribution in [2.45, 2.75) is 18.9 Å². The molecule has 4 amide bonds. The van der Waals surface area contributed by atoms with Gasteiger partial charge in [-0.05, 0) is 12.1 Å². The van der Waals surface area contributed by atoms with Crippen LogP contribution in [0.2, 0.25) is 0 Å². The van der Waals surface area contributed by atoms with E-state index >= 15 is 0 Å². The molecule has 0 aliphatic carbocycles. The molecule has 0 bridgehead atoms. The Hall–Kier alpha value is -2.81. The van der Waals surface area contributed by atoms with Crippen molar-refractivity contribution in [2.24, 2.45) is 0 Å². The third kappa shape index (κ3) is 3.93. The number of nitrogens with one attached hydrogen (secondary N) is 3. The summed E-state index contributed by atoms with van der Waals surface area (Å²) in [5.41, 5.74) is 1.84. The van der Waals surface area contributed by atoms with Crippen LogP contribution >= 0.6 is 11.3 Å². The molecule has 0 radical (unpaired) electrons. The number of aromatic nitrogens is 2. The summed E-state index contributed by atoms with van der Waals surface area (Å²) in [6, 6.07) is 2.43. The summed E-state index contributed by atoms with van der Waals surface area (Å²) in [5.74, 6) is -0.768. The number of carbonyl (C=O) groups is 3. The fraction of sp³-hybridized carbons (Fsp3) is 0.267. The lowest BCUT2D eigenvalue weighted by molar-refractivity contribution is -0.126. The van der Waals surface area contributed by atoms with E-state index in [4.69, 9.17) is 0 Å². The van der Waals surface area contributed by atoms with Crippen molar-refractivity contribution in [3.05, 3.63) is 35.6 Å². The van der Waals surface area contributed by atoms with Crippen molar-refractivity contribution in [1.29, 1.82) is 0 Å². The summed E-state index contributed by atoms with van der Waals surface area (Å²) in [4.78, 5) is 42.7. The van der Waals surface area contributed by atoms with Crippen LogP contribution in [0.15, 0.2) is 29.9 Å². The Morgan fingerprint density at radius 2 is 2.25 bits per heavy atom. The maximum atomic E-state index is 11.8. The van der Waals surface area contributed by atoms with Crippen molar-refractivity contribution in [2.75, 3.05) is 6.54 Å². The zero-order valence-electron chi connectivity index (χ0n) is 12.6. The Labute approximate surface area is 141 Å². The van der Waals surface area contributed by atoms with Crippen LogP contribution in [0.4, 0.5) is 4.79 Å². The minimum atomic E-state index is -0.797. The highest BCUT2D eigenvalue weighted by Crippen LogP contribution is 2.22. The molecule has 1 aliphatic rings.